The summed E-state index contributed by atoms with van der Waals surface area (Å²) in [7, 11) is 0. The summed E-state index contributed by atoms with van der Waals surface area (Å²) in [5.41, 5.74) is 5.42. The molecule has 0 saturated carbocycles. The Kier molecular flexibility index (Phi) is 2.49. The van der Waals surface area contributed by atoms with E-state index in [1.54, 1.807) is 0 Å². The van der Waals surface area contributed by atoms with Crippen LogP contribution in [0.3, 0.4) is 0 Å². The smallest absolute Gasteiger partial charge is 0.108 e. The Balaban J connectivity index is 2.52. The topological polar surface area (TPSA) is 53.1 Å². The van der Waals surface area contributed by atoms with Crippen molar-refractivity contribution in [3.8, 4) is 0 Å². The lowest BCUT2D eigenvalue weighted by molar-refractivity contribution is 0.246. The quantitative estimate of drug-likeness (QED) is 0.457. The molecule has 0 aromatic carbocycles. The number of hydrogen-bond acceptors (Lipinski definition) is 2. The highest BCUT2D eigenvalue weighted by atomic mass is 15.2. The third kappa shape index (κ3) is 1.71. The summed E-state index contributed by atoms with van der Waals surface area (Å²) in [5.74, 6) is 0.291. The van der Waals surface area contributed by atoms with Gasteiger partial charge in [0.25, 0.3) is 0 Å². The van der Waals surface area contributed by atoms with Crippen LogP contribution in [0.2, 0.25) is 0 Å². The maximum Gasteiger partial charge on any atom is 0.108 e. The van der Waals surface area contributed by atoms with Crippen molar-refractivity contribution in [2.75, 3.05) is 6.54 Å². The molecule has 3 nitrogen and oxygen atoms in total. The first kappa shape index (κ1) is 8.53. The fourth-order valence-corrected chi connectivity index (χ4v) is 1.71. The third-order valence-electron chi connectivity index (χ3n) is 2.55. The molecule has 3 N–H and O–H groups in total. The van der Waals surface area contributed by atoms with Crippen LogP contribution in [0.1, 0.15) is 26.7 Å². The van der Waals surface area contributed by atoms with Gasteiger partial charge in [0.2, 0.25) is 0 Å². The summed E-state index contributed by atoms with van der Waals surface area (Å²) in [6.45, 7) is 5.30. The Morgan fingerprint density at radius 2 is 2.36 bits per heavy atom. The van der Waals surface area contributed by atoms with Gasteiger partial charge < -0.3 is 5.73 Å². The first-order chi connectivity index (χ1) is 5.13. The number of hydrogen-bond donors (Lipinski definition) is 2. The van der Waals surface area contributed by atoms with Crippen molar-refractivity contribution >= 4 is 5.84 Å². The zero-order valence-electron chi connectivity index (χ0n) is 7.30. The molecular weight excluding hydrogens is 138 g/mol. The zero-order valence-corrected chi connectivity index (χ0v) is 7.30. The van der Waals surface area contributed by atoms with Crippen molar-refractivity contribution in [1.82, 2.24) is 4.90 Å². The maximum absolute atomic E-state index is 7.29. The van der Waals surface area contributed by atoms with E-state index in [2.05, 4.69) is 11.8 Å². The van der Waals surface area contributed by atoms with Crippen LogP contribution in [0.4, 0.5) is 0 Å². The van der Waals surface area contributed by atoms with Crippen LogP contribution < -0.4 is 5.73 Å². The number of rotatable bonds is 2. The van der Waals surface area contributed by atoms with Crippen LogP contribution in [0.5, 0.6) is 0 Å². The van der Waals surface area contributed by atoms with Gasteiger partial charge in [-0.15, -0.1) is 0 Å². The van der Waals surface area contributed by atoms with E-state index in [0.29, 0.717) is 11.9 Å². The van der Waals surface area contributed by atoms with Crippen molar-refractivity contribution in [3.05, 3.63) is 0 Å². The van der Waals surface area contributed by atoms with Gasteiger partial charge in [-0.25, -0.2) is 0 Å². The second kappa shape index (κ2) is 3.22. The fourth-order valence-electron chi connectivity index (χ4n) is 1.71. The van der Waals surface area contributed by atoms with Crippen molar-refractivity contribution in [3.63, 3.8) is 0 Å². The largest absolute Gasteiger partial charge is 0.386 e. The lowest BCUT2D eigenvalue weighted by Crippen LogP contribution is -2.43. The Morgan fingerprint density at radius 1 is 1.73 bits per heavy atom. The standard InChI is InChI=1S/C8H17N3/c1-6-4-3-5-11(6)7(2)8(9)10/h6-7H,3-5H2,1-2H3,(H3,9,10). The molecule has 0 aromatic heterocycles. The first-order valence-electron chi connectivity index (χ1n) is 4.22. The highest BCUT2D eigenvalue weighted by molar-refractivity contribution is 5.82. The van der Waals surface area contributed by atoms with Crippen LogP contribution in [-0.2, 0) is 0 Å². The van der Waals surface area contributed by atoms with Crippen LogP contribution in [0.15, 0.2) is 0 Å². The Bertz CT molecular complexity index is 155. The molecule has 1 aliphatic rings. The van der Waals surface area contributed by atoms with Gasteiger partial charge >= 0.3 is 0 Å². The minimum atomic E-state index is 0.132. The van der Waals surface area contributed by atoms with E-state index < -0.39 is 0 Å². The second-order valence-electron chi connectivity index (χ2n) is 3.36. The molecule has 2 atom stereocenters. The normalized spacial score (nSPS) is 28.7. The summed E-state index contributed by atoms with van der Waals surface area (Å²) in [6, 6.07) is 0.737. The highest BCUT2D eigenvalue weighted by Gasteiger charge is 2.25. The van der Waals surface area contributed by atoms with Gasteiger partial charge in [-0.1, -0.05) is 0 Å². The molecule has 0 radical (unpaired) electrons. The Hall–Kier alpha value is -0.570. The highest BCUT2D eigenvalue weighted by Crippen LogP contribution is 2.18. The zero-order chi connectivity index (χ0) is 8.43. The van der Waals surface area contributed by atoms with E-state index in [-0.39, 0.29) is 6.04 Å². The van der Waals surface area contributed by atoms with E-state index in [1.165, 1.54) is 12.8 Å². The molecule has 1 aliphatic heterocycles. The molecular formula is C8H17N3. The van der Waals surface area contributed by atoms with E-state index in [1.807, 2.05) is 6.92 Å². The van der Waals surface area contributed by atoms with Crippen molar-refractivity contribution in [2.45, 2.75) is 38.8 Å². The predicted octanol–water partition coefficient (Wildman–Crippen LogP) is 0.795. The molecule has 1 fully saturated rings. The average molecular weight is 155 g/mol. The first-order valence-corrected chi connectivity index (χ1v) is 4.22. The SMILES string of the molecule is CC1CCCN1C(C)C(=N)N. The maximum atomic E-state index is 7.29. The molecule has 0 aromatic rings. The number of amidine groups is 1. The van der Waals surface area contributed by atoms with Crippen molar-refractivity contribution in [2.24, 2.45) is 5.73 Å². The van der Waals surface area contributed by atoms with Crippen LogP contribution in [-0.4, -0.2) is 29.4 Å². The minimum absolute atomic E-state index is 0.132. The molecule has 11 heavy (non-hydrogen) atoms. The van der Waals surface area contributed by atoms with Crippen LogP contribution in [0.25, 0.3) is 0 Å². The number of nitrogens with zero attached hydrogens (tertiary/aromatic N) is 1. The second-order valence-corrected chi connectivity index (χ2v) is 3.36. The van der Waals surface area contributed by atoms with Crippen molar-refractivity contribution < 1.29 is 0 Å². The monoisotopic (exact) mass is 155 g/mol. The van der Waals surface area contributed by atoms with E-state index in [9.17, 15) is 0 Å². The molecule has 2 unspecified atom stereocenters. The Morgan fingerprint density at radius 3 is 2.73 bits per heavy atom. The van der Waals surface area contributed by atoms with E-state index >= 15 is 0 Å². The van der Waals surface area contributed by atoms with Crippen LogP contribution in [0, 0.1) is 5.41 Å². The molecule has 1 rings (SSSR count). The van der Waals surface area contributed by atoms with Gasteiger partial charge in [0, 0.05) is 6.04 Å². The van der Waals surface area contributed by atoms with E-state index in [0.717, 1.165) is 6.54 Å². The minimum Gasteiger partial charge on any atom is -0.386 e. The van der Waals surface area contributed by atoms with Gasteiger partial charge in [0.05, 0.1) is 6.04 Å². The fraction of sp³-hybridized carbons (Fsp3) is 0.875. The molecule has 0 amide bonds. The van der Waals surface area contributed by atoms with Crippen LogP contribution >= 0.6 is 0 Å². The average Bonchev–Trinajstić information content (AvgIpc) is 2.33. The van der Waals surface area contributed by atoms with Gasteiger partial charge in [0.15, 0.2) is 0 Å². The predicted molar refractivity (Wildman–Crippen MR) is 46.8 cm³/mol. The molecule has 64 valence electrons. The molecule has 3 heteroatoms. The van der Waals surface area contributed by atoms with Gasteiger partial charge in [-0.2, -0.15) is 0 Å². The number of likely N-dealkylation sites (tertiary alicyclic amines) is 1. The molecule has 0 bridgehead atoms. The Labute approximate surface area is 68.1 Å². The molecule has 0 spiro atoms. The number of nitrogens with two attached hydrogens (primary N) is 1. The number of nitrogens with one attached hydrogen (secondary N) is 1. The van der Waals surface area contributed by atoms with E-state index in [4.69, 9.17) is 11.1 Å². The molecule has 1 saturated heterocycles. The van der Waals surface area contributed by atoms with Gasteiger partial charge in [-0.3, -0.25) is 10.3 Å². The molecule has 0 aliphatic carbocycles. The molecule has 1 heterocycles. The van der Waals surface area contributed by atoms with Gasteiger partial charge in [0.1, 0.15) is 5.84 Å². The summed E-state index contributed by atoms with van der Waals surface area (Å²) >= 11 is 0. The van der Waals surface area contributed by atoms with Gasteiger partial charge in [-0.05, 0) is 33.2 Å². The summed E-state index contributed by atoms with van der Waals surface area (Å²) in [5, 5.41) is 7.29. The van der Waals surface area contributed by atoms with Crippen molar-refractivity contribution in [1.29, 1.82) is 5.41 Å². The summed E-state index contributed by atoms with van der Waals surface area (Å²) in [6.07, 6.45) is 2.50. The third-order valence-corrected chi connectivity index (χ3v) is 2.55. The lowest BCUT2D eigenvalue weighted by Gasteiger charge is -2.27. The summed E-state index contributed by atoms with van der Waals surface area (Å²) < 4.78 is 0. The summed E-state index contributed by atoms with van der Waals surface area (Å²) in [4.78, 5) is 2.29. The lowest BCUT2D eigenvalue weighted by atomic mass is 10.2.